The van der Waals surface area contributed by atoms with Gasteiger partial charge in [-0.05, 0) is 68.4 Å². The van der Waals surface area contributed by atoms with E-state index in [2.05, 4.69) is 30.5 Å². The van der Waals surface area contributed by atoms with Crippen molar-refractivity contribution < 1.29 is 9.53 Å². The lowest BCUT2D eigenvalue weighted by atomic mass is 10.1. The van der Waals surface area contributed by atoms with E-state index in [9.17, 15) is 4.79 Å². The molecule has 0 spiro atoms. The first kappa shape index (κ1) is 18.9. The van der Waals surface area contributed by atoms with Gasteiger partial charge < -0.3 is 15.4 Å². The van der Waals surface area contributed by atoms with E-state index >= 15 is 0 Å². The summed E-state index contributed by atoms with van der Waals surface area (Å²) in [5, 5.41) is 6.81. The lowest BCUT2D eigenvalue weighted by Crippen LogP contribution is -2.19. The Morgan fingerprint density at radius 3 is 2.44 bits per heavy atom. The maximum atomic E-state index is 11.9. The minimum atomic E-state index is -0.295. The summed E-state index contributed by atoms with van der Waals surface area (Å²) in [6.45, 7) is 6.61. The van der Waals surface area contributed by atoms with Crippen molar-refractivity contribution in [2.24, 2.45) is 0 Å². The van der Waals surface area contributed by atoms with Crippen molar-refractivity contribution in [1.29, 1.82) is 0 Å². The van der Waals surface area contributed by atoms with E-state index in [-0.39, 0.29) is 5.97 Å². The van der Waals surface area contributed by atoms with Gasteiger partial charge in [-0.15, -0.1) is 0 Å². The van der Waals surface area contributed by atoms with Crippen LogP contribution in [0, 0.1) is 13.8 Å². The molecule has 2 aromatic rings. The Kier molecular flexibility index (Phi) is 6.95. The van der Waals surface area contributed by atoms with Gasteiger partial charge in [-0.25, -0.2) is 4.79 Å². The van der Waals surface area contributed by atoms with Crippen molar-refractivity contribution in [1.82, 2.24) is 0 Å². The average molecular weight is 356 g/mol. The molecule has 0 heterocycles. The van der Waals surface area contributed by atoms with Crippen molar-refractivity contribution >= 4 is 34.7 Å². The molecule has 0 atom stereocenters. The predicted octanol–water partition coefficient (Wildman–Crippen LogP) is 5.07. The number of hydrogen-bond donors (Lipinski definition) is 2. The highest BCUT2D eigenvalue weighted by Gasteiger charge is 2.07. The molecule has 0 bridgehead atoms. The number of thiocarbonyl (C=S) groups is 1. The number of aryl methyl sites for hydroxylation is 2. The second kappa shape index (κ2) is 9.18. The van der Waals surface area contributed by atoms with Gasteiger partial charge in [0.2, 0.25) is 0 Å². The first-order valence-corrected chi connectivity index (χ1v) is 8.83. The second-order valence-electron chi connectivity index (χ2n) is 5.96. The minimum Gasteiger partial charge on any atom is -0.462 e. The molecule has 0 amide bonds. The normalized spacial score (nSPS) is 10.2. The van der Waals surface area contributed by atoms with Gasteiger partial charge in [-0.1, -0.05) is 31.0 Å². The Labute approximate surface area is 154 Å². The zero-order valence-electron chi connectivity index (χ0n) is 14.9. The summed E-state index contributed by atoms with van der Waals surface area (Å²) < 4.78 is 5.19. The Bertz CT molecular complexity index is 742. The number of carbonyl (C=O) groups is 1. The lowest BCUT2D eigenvalue weighted by Gasteiger charge is -2.13. The number of anilines is 2. The molecule has 0 aromatic heterocycles. The van der Waals surface area contributed by atoms with Crippen LogP contribution in [-0.2, 0) is 4.74 Å². The molecule has 0 radical (unpaired) electrons. The third kappa shape index (κ3) is 5.87. The van der Waals surface area contributed by atoms with Gasteiger partial charge in [-0.2, -0.15) is 0 Å². The average Bonchev–Trinajstić information content (AvgIpc) is 2.58. The monoisotopic (exact) mass is 356 g/mol. The molecule has 0 saturated heterocycles. The van der Waals surface area contributed by atoms with Crippen LogP contribution in [-0.4, -0.2) is 17.7 Å². The van der Waals surface area contributed by atoms with Crippen LogP contribution in [0.4, 0.5) is 11.4 Å². The fourth-order valence-electron chi connectivity index (χ4n) is 2.32. The number of nitrogens with one attached hydrogen (secondary N) is 2. The van der Waals surface area contributed by atoms with Gasteiger partial charge in [0.25, 0.3) is 0 Å². The van der Waals surface area contributed by atoms with Crippen LogP contribution < -0.4 is 10.6 Å². The number of unbranched alkanes of at least 4 members (excludes halogenated alkanes) is 1. The van der Waals surface area contributed by atoms with Crippen molar-refractivity contribution in [3.8, 4) is 0 Å². The molecule has 2 aromatic carbocycles. The molecule has 0 aliphatic heterocycles. The molecular formula is C20H24N2O2S. The quantitative estimate of drug-likeness (QED) is 0.430. The summed E-state index contributed by atoms with van der Waals surface area (Å²) in [5.41, 5.74) is 4.67. The van der Waals surface area contributed by atoms with Gasteiger partial charge in [-0.3, -0.25) is 0 Å². The number of ether oxygens (including phenoxy) is 1. The van der Waals surface area contributed by atoms with E-state index in [1.165, 1.54) is 5.56 Å². The number of esters is 1. The van der Waals surface area contributed by atoms with Gasteiger partial charge in [0, 0.05) is 11.4 Å². The zero-order valence-corrected chi connectivity index (χ0v) is 15.7. The molecule has 5 heteroatoms. The smallest absolute Gasteiger partial charge is 0.338 e. The van der Waals surface area contributed by atoms with Crippen LogP contribution in [0.15, 0.2) is 42.5 Å². The summed E-state index contributed by atoms with van der Waals surface area (Å²) in [5.74, 6) is -0.295. The van der Waals surface area contributed by atoms with Crippen LogP contribution in [0.1, 0.15) is 41.3 Å². The van der Waals surface area contributed by atoms with Crippen LogP contribution in [0.25, 0.3) is 0 Å². The Balaban J connectivity index is 1.91. The highest BCUT2D eigenvalue weighted by molar-refractivity contribution is 7.80. The fourth-order valence-corrected chi connectivity index (χ4v) is 2.55. The van der Waals surface area contributed by atoms with E-state index < -0.39 is 0 Å². The summed E-state index contributed by atoms with van der Waals surface area (Å²) in [4.78, 5) is 11.9. The fraction of sp³-hybridized carbons (Fsp3) is 0.300. The van der Waals surface area contributed by atoms with E-state index in [4.69, 9.17) is 17.0 Å². The molecule has 132 valence electrons. The molecule has 0 aliphatic rings. The third-order valence-electron chi connectivity index (χ3n) is 3.74. The highest BCUT2D eigenvalue weighted by Crippen LogP contribution is 2.17. The number of benzene rings is 2. The predicted molar refractivity (Wildman–Crippen MR) is 107 cm³/mol. The van der Waals surface area contributed by atoms with E-state index in [0.29, 0.717) is 17.3 Å². The molecule has 0 unspecified atom stereocenters. The van der Waals surface area contributed by atoms with Gasteiger partial charge >= 0.3 is 5.97 Å². The first-order chi connectivity index (χ1) is 12.0. The molecule has 4 nitrogen and oxygen atoms in total. The second-order valence-corrected chi connectivity index (χ2v) is 6.37. The van der Waals surface area contributed by atoms with Crippen LogP contribution in [0.3, 0.4) is 0 Å². The number of rotatable bonds is 6. The van der Waals surface area contributed by atoms with Gasteiger partial charge in [0.05, 0.1) is 12.2 Å². The van der Waals surface area contributed by atoms with Crippen LogP contribution in [0.5, 0.6) is 0 Å². The maximum absolute atomic E-state index is 11.9. The van der Waals surface area contributed by atoms with E-state index in [1.54, 1.807) is 12.1 Å². The molecule has 2 rings (SSSR count). The topological polar surface area (TPSA) is 50.4 Å². The van der Waals surface area contributed by atoms with Gasteiger partial charge in [0.15, 0.2) is 5.11 Å². The maximum Gasteiger partial charge on any atom is 0.338 e. The van der Waals surface area contributed by atoms with Crippen LogP contribution >= 0.6 is 12.2 Å². The molecule has 0 saturated carbocycles. The van der Waals surface area contributed by atoms with Crippen molar-refractivity contribution in [2.45, 2.75) is 33.6 Å². The standard InChI is InChI=1S/C20H24N2O2S/c1-4-5-12-24-19(23)16-7-9-17(10-8-16)21-20(25)22-18-11-6-14(2)13-15(18)3/h6-11,13H,4-5,12H2,1-3H3,(H2,21,22,25). The largest absolute Gasteiger partial charge is 0.462 e. The minimum absolute atomic E-state index is 0.295. The van der Waals surface area contributed by atoms with Gasteiger partial charge in [0.1, 0.15) is 0 Å². The Morgan fingerprint density at radius 2 is 1.80 bits per heavy atom. The van der Waals surface area contributed by atoms with Crippen LogP contribution in [0.2, 0.25) is 0 Å². The molecular weight excluding hydrogens is 332 g/mol. The Hall–Kier alpha value is -2.40. The number of carbonyl (C=O) groups excluding carboxylic acids is 1. The lowest BCUT2D eigenvalue weighted by molar-refractivity contribution is 0.0500. The van der Waals surface area contributed by atoms with E-state index in [0.717, 1.165) is 29.8 Å². The molecule has 25 heavy (non-hydrogen) atoms. The zero-order chi connectivity index (χ0) is 18.2. The Morgan fingerprint density at radius 1 is 1.08 bits per heavy atom. The molecule has 0 fully saturated rings. The highest BCUT2D eigenvalue weighted by atomic mass is 32.1. The van der Waals surface area contributed by atoms with Crippen molar-refractivity contribution in [3.05, 3.63) is 59.2 Å². The number of hydrogen-bond acceptors (Lipinski definition) is 3. The SMILES string of the molecule is CCCCOC(=O)c1ccc(NC(=S)Nc2ccc(C)cc2C)cc1. The summed E-state index contributed by atoms with van der Waals surface area (Å²) in [6.07, 6.45) is 1.88. The summed E-state index contributed by atoms with van der Waals surface area (Å²) in [7, 11) is 0. The molecule has 2 N–H and O–H groups in total. The summed E-state index contributed by atoms with van der Waals surface area (Å²) in [6, 6.07) is 13.2. The summed E-state index contributed by atoms with van der Waals surface area (Å²) >= 11 is 5.35. The van der Waals surface area contributed by atoms with Crippen molar-refractivity contribution in [3.63, 3.8) is 0 Å². The third-order valence-corrected chi connectivity index (χ3v) is 3.94. The van der Waals surface area contributed by atoms with E-state index in [1.807, 2.05) is 31.2 Å². The van der Waals surface area contributed by atoms with Crippen molar-refractivity contribution in [2.75, 3.05) is 17.2 Å². The first-order valence-electron chi connectivity index (χ1n) is 8.42. The molecule has 0 aliphatic carbocycles.